The first kappa shape index (κ1) is 15.2. The summed E-state index contributed by atoms with van der Waals surface area (Å²) in [6.45, 7) is 0. The Kier molecular flexibility index (Phi) is 4.21. The van der Waals surface area contributed by atoms with Crippen LogP contribution < -0.4 is 0 Å². The van der Waals surface area contributed by atoms with Crippen LogP contribution >= 0.6 is 39.3 Å². The molecule has 112 valence electrons. The molecule has 1 saturated heterocycles. The maximum absolute atomic E-state index is 12.8. The molecule has 0 aromatic heterocycles. The number of hydrogen-bond donors (Lipinski definition) is 1. The van der Waals surface area contributed by atoms with Crippen molar-refractivity contribution < 1.29 is 14.7 Å². The minimum absolute atomic E-state index is 0.0267. The Morgan fingerprint density at radius 2 is 2.10 bits per heavy atom. The lowest BCUT2D eigenvalue weighted by atomic mass is 10.1. The number of carboxylic acids is 1. The van der Waals surface area contributed by atoms with E-state index in [4.69, 9.17) is 11.6 Å². The predicted octanol–water partition coefficient (Wildman–Crippen LogP) is 3.48. The van der Waals surface area contributed by atoms with Crippen LogP contribution in [0, 0.1) is 5.92 Å². The molecule has 0 bridgehead atoms. The van der Waals surface area contributed by atoms with E-state index in [1.807, 2.05) is 0 Å². The van der Waals surface area contributed by atoms with Gasteiger partial charge in [0.05, 0.1) is 10.9 Å². The molecule has 1 aliphatic heterocycles. The number of carbonyl (C=O) groups is 2. The van der Waals surface area contributed by atoms with E-state index in [2.05, 4.69) is 15.9 Å². The highest BCUT2D eigenvalue weighted by Crippen LogP contribution is 2.46. The predicted molar refractivity (Wildman–Crippen MR) is 85.7 cm³/mol. The lowest BCUT2D eigenvalue weighted by Gasteiger charge is -2.27. The van der Waals surface area contributed by atoms with Gasteiger partial charge in [-0.25, -0.2) is 4.79 Å². The minimum atomic E-state index is -0.941. The third-order valence-corrected chi connectivity index (χ3v) is 6.09. The molecule has 4 nitrogen and oxygen atoms in total. The molecule has 1 aliphatic carbocycles. The second-order valence-corrected chi connectivity index (χ2v) is 7.69. The summed E-state index contributed by atoms with van der Waals surface area (Å²) in [6.07, 6.45) is 2.13. The molecule has 2 aliphatic rings. The second kappa shape index (κ2) is 5.82. The zero-order valence-corrected chi connectivity index (χ0v) is 14.1. The van der Waals surface area contributed by atoms with Crippen LogP contribution in [0.4, 0.5) is 0 Å². The van der Waals surface area contributed by atoms with E-state index in [1.54, 1.807) is 34.9 Å². The van der Waals surface area contributed by atoms with Crippen molar-refractivity contribution in [2.24, 2.45) is 5.92 Å². The Hall–Kier alpha value is -0.720. The van der Waals surface area contributed by atoms with Crippen molar-refractivity contribution in [1.82, 2.24) is 4.90 Å². The van der Waals surface area contributed by atoms with Gasteiger partial charge in [0, 0.05) is 15.2 Å². The Labute approximate surface area is 140 Å². The van der Waals surface area contributed by atoms with Crippen LogP contribution in [0.1, 0.15) is 23.2 Å². The Morgan fingerprint density at radius 3 is 2.67 bits per heavy atom. The fourth-order valence-corrected chi connectivity index (χ4v) is 5.00. The van der Waals surface area contributed by atoms with E-state index in [0.29, 0.717) is 26.7 Å². The van der Waals surface area contributed by atoms with E-state index in [9.17, 15) is 14.7 Å². The molecule has 1 N–H and O–H groups in total. The SMILES string of the molecule is O=C(O)C1CSC(C2CC2)N1C(=O)c1ccc(Cl)cc1Br. The third-order valence-electron chi connectivity index (χ3n) is 3.74. The molecule has 2 unspecified atom stereocenters. The summed E-state index contributed by atoms with van der Waals surface area (Å²) in [4.78, 5) is 25.8. The van der Waals surface area contributed by atoms with Gasteiger partial charge in [-0.2, -0.15) is 0 Å². The van der Waals surface area contributed by atoms with Crippen molar-refractivity contribution in [3.05, 3.63) is 33.3 Å². The Balaban J connectivity index is 1.93. The molecule has 2 atom stereocenters. The van der Waals surface area contributed by atoms with Crippen LogP contribution in [0.3, 0.4) is 0 Å². The Morgan fingerprint density at radius 1 is 1.38 bits per heavy atom. The summed E-state index contributed by atoms with van der Waals surface area (Å²) >= 11 is 10.8. The van der Waals surface area contributed by atoms with Crippen molar-refractivity contribution in [3.8, 4) is 0 Å². The van der Waals surface area contributed by atoms with Gasteiger partial charge in [0.15, 0.2) is 0 Å². The molecule has 0 radical (unpaired) electrons. The van der Waals surface area contributed by atoms with E-state index in [-0.39, 0.29) is 11.3 Å². The number of hydrogen-bond acceptors (Lipinski definition) is 3. The van der Waals surface area contributed by atoms with Gasteiger partial charge in [-0.05, 0) is 52.9 Å². The number of halogens is 2. The number of benzene rings is 1. The average Bonchev–Trinajstić information content (AvgIpc) is 3.16. The molecule has 1 saturated carbocycles. The monoisotopic (exact) mass is 389 g/mol. The summed E-state index contributed by atoms with van der Waals surface area (Å²) < 4.78 is 0.593. The molecule has 21 heavy (non-hydrogen) atoms. The van der Waals surface area contributed by atoms with Crippen molar-refractivity contribution in [1.29, 1.82) is 0 Å². The van der Waals surface area contributed by atoms with Gasteiger partial charge in [0.2, 0.25) is 0 Å². The van der Waals surface area contributed by atoms with Crippen LogP contribution in [0.15, 0.2) is 22.7 Å². The summed E-state index contributed by atoms with van der Waals surface area (Å²) in [5, 5.41) is 9.88. The maximum atomic E-state index is 12.8. The summed E-state index contributed by atoms with van der Waals surface area (Å²) in [7, 11) is 0. The van der Waals surface area contributed by atoms with Crippen molar-refractivity contribution in [2.45, 2.75) is 24.3 Å². The zero-order chi connectivity index (χ0) is 15.1. The number of nitrogens with zero attached hydrogens (tertiary/aromatic N) is 1. The fraction of sp³-hybridized carbons (Fsp3) is 0.429. The second-order valence-electron chi connectivity index (χ2n) is 5.25. The summed E-state index contributed by atoms with van der Waals surface area (Å²) in [5.41, 5.74) is 0.457. The quantitative estimate of drug-likeness (QED) is 0.858. The van der Waals surface area contributed by atoms with Crippen molar-refractivity contribution in [2.75, 3.05) is 5.75 Å². The normalized spacial score (nSPS) is 25.1. The van der Waals surface area contributed by atoms with Crippen LogP contribution in [0.5, 0.6) is 0 Å². The average molecular weight is 391 g/mol. The fourth-order valence-electron chi connectivity index (χ4n) is 2.52. The maximum Gasteiger partial charge on any atom is 0.327 e. The van der Waals surface area contributed by atoms with Crippen LogP contribution in [-0.4, -0.2) is 39.1 Å². The van der Waals surface area contributed by atoms with Crippen molar-refractivity contribution in [3.63, 3.8) is 0 Å². The topological polar surface area (TPSA) is 57.6 Å². The molecule has 7 heteroatoms. The molecule has 2 fully saturated rings. The van der Waals surface area contributed by atoms with Gasteiger partial charge >= 0.3 is 5.97 Å². The minimum Gasteiger partial charge on any atom is -0.480 e. The smallest absolute Gasteiger partial charge is 0.327 e. The van der Waals surface area contributed by atoms with Gasteiger partial charge in [0.25, 0.3) is 5.91 Å². The third kappa shape index (κ3) is 2.94. The summed E-state index contributed by atoms with van der Waals surface area (Å²) in [6, 6.07) is 4.18. The zero-order valence-electron chi connectivity index (χ0n) is 11.0. The molecule has 1 aromatic rings. The molecule has 1 amide bonds. The number of amides is 1. The number of rotatable bonds is 3. The molecule has 3 rings (SSSR count). The lowest BCUT2D eigenvalue weighted by Crippen LogP contribution is -2.46. The van der Waals surface area contributed by atoms with Crippen LogP contribution in [-0.2, 0) is 4.79 Å². The molecule has 1 aromatic carbocycles. The van der Waals surface area contributed by atoms with Gasteiger partial charge < -0.3 is 10.0 Å². The first-order valence-corrected chi connectivity index (χ1v) is 8.83. The standard InChI is InChI=1S/C14H13BrClNO3S/c15-10-5-8(16)3-4-9(10)12(18)17-11(14(19)20)6-21-13(17)7-1-2-7/h3-5,7,11,13H,1-2,6H2,(H,19,20). The highest BCUT2D eigenvalue weighted by molar-refractivity contribution is 9.10. The molecule has 0 spiro atoms. The van der Waals surface area contributed by atoms with E-state index >= 15 is 0 Å². The van der Waals surface area contributed by atoms with E-state index in [0.717, 1.165) is 12.8 Å². The number of aliphatic carboxylic acids is 1. The summed E-state index contributed by atoms with van der Waals surface area (Å²) in [5.74, 6) is -0.306. The lowest BCUT2D eigenvalue weighted by molar-refractivity contribution is -0.141. The molecular weight excluding hydrogens is 378 g/mol. The molecule has 1 heterocycles. The van der Waals surface area contributed by atoms with E-state index in [1.165, 1.54) is 0 Å². The van der Waals surface area contributed by atoms with Crippen molar-refractivity contribution >= 4 is 51.2 Å². The number of thioether (sulfide) groups is 1. The first-order chi connectivity index (χ1) is 9.99. The van der Waals surface area contributed by atoms with Crippen LogP contribution in [0.25, 0.3) is 0 Å². The number of carbonyl (C=O) groups excluding carboxylic acids is 1. The highest BCUT2D eigenvalue weighted by Gasteiger charge is 2.48. The molecular formula is C14H13BrClNO3S. The van der Waals surface area contributed by atoms with Gasteiger partial charge in [-0.1, -0.05) is 11.6 Å². The van der Waals surface area contributed by atoms with E-state index < -0.39 is 12.0 Å². The van der Waals surface area contributed by atoms with Crippen LogP contribution in [0.2, 0.25) is 5.02 Å². The largest absolute Gasteiger partial charge is 0.480 e. The van der Waals surface area contributed by atoms with Gasteiger partial charge in [-0.3, -0.25) is 4.79 Å². The Bertz CT molecular complexity index is 608. The van der Waals surface area contributed by atoms with Gasteiger partial charge in [-0.15, -0.1) is 11.8 Å². The highest BCUT2D eigenvalue weighted by atomic mass is 79.9. The number of carboxylic acid groups (broad SMARTS) is 1. The van der Waals surface area contributed by atoms with Gasteiger partial charge in [0.1, 0.15) is 6.04 Å². The first-order valence-electron chi connectivity index (χ1n) is 6.61.